The number of esters is 2. The van der Waals surface area contributed by atoms with Crippen molar-refractivity contribution in [1.29, 1.82) is 0 Å². The molecule has 2 N–H and O–H groups in total. The summed E-state index contributed by atoms with van der Waals surface area (Å²) >= 11 is 0. The van der Waals surface area contributed by atoms with Gasteiger partial charge < -0.3 is 19.5 Å². The van der Waals surface area contributed by atoms with Crippen LogP contribution in [-0.4, -0.2) is 84.6 Å². The summed E-state index contributed by atoms with van der Waals surface area (Å²) in [6.45, 7) is 8.53. The van der Waals surface area contributed by atoms with Crippen molar-refractivity contribution in [2.45, 2.75) is 78.2 Å². The predicted molar refractivity (Wildman–Crippen MR) is 191 cm³/mol. The van der Waals surface area contributed by atoms with Crippen LogP contribution in [0.3, 0.4) is 0 Å². The minimum absolute atomic E-state index is 0.0797. The molecule has 1 fully saturated rings. The van der Waals surface area contributed by atoms with Gasteiger partial charge in [-0.25, -0.2) is 28.1 Å². The second kappa shape index (κ2) is 16.1. The topological polar surface area (TPSA) is 207 Å². The minimum Gasteiger partial charge on any atom is -0.455 e. The lowest BCUT2D eigenvalue weighted by Crippen LogP contribution is -2.37. The zero-order valence-electron chi connectivity index (χ0n) is 30.0. The van der Waals surface area contributed by atoms with E-state index in [9.17, 15) is 18.0 Å². The zero-order valence-corrected chi connectivity index (χ0v) is 30.8. The number of imidazole rings is 1. The second-order valence-electron chi connectivity index (χ2n) is 13.0. The summed E-state index contributed by atoms with van der Waals surface area (Å²) in [5, 5.41) is 15.9. The maximum atomic E-state index is 12.9. The number of nitrogens with zero attached hydrogens (tertiary/aromatic N) is 8. The number of ether oxygens (including phenoxy) is 3. The molecule has 1 aliphatic rings. The number of anilines is 1. The van der Waals surface area contributed by atoms with Gasteiger partial charge in [0.2, 0.25) is 15.8 Å². The number of aromatic nitrogens is 8. The largest absolute Gasteiger partial charge is 0.455 e. The van der Waals surface area contributed by atoms with Crippen LogP contribution < -0.4 is 10.0 Å². The first-order chi connectivity index (χ1) is 25.4. The summed E-state index contributed by atoms with van der Waals surface area (Å²) in [6.07, 6.45) is -3.11. The normalized spacial score (nSPS) is 18.8. The summed E-state index contributed by atoms with van der Waals surface area (Å²) < 4.78 is 47.7. The van der Waals surface area contributed by atoms with Gasteiger partial charge in [0, 0.05) is 26.3 Å². The average Bonchev–Trinajstić information content (AvgIpc) is 3.85. The van der Waals surface area contributed by atoms with Crippen LogP contribution in [0.4, 0.5) is 5.82 Å². The van der Waals surface area contributed by atoms with Gasteiger partial charge in [0.1, 0.15) is 5.82 Å². The molecule has 18 heteroatoms. The summed E-state index contributed by atoms with van der Waals surface area (Å²) in [7, 11) is -3.66. The Balaban J connectivity index is 1.43. The minimum atomic E-state index is -3.66. The number of rotatable bonds is 15. The lowest BCUT2D eigenvalue weighted by atomic mass is 9.91. The molecule has 280 valence electrons. The molecule has 5 aromatic rings. The Kier molecular flexibility index (Phi) is 11.4. The predicted octanol–water partition coefficient (Wildman–Crippen LogP) is 3.29. The number of aryl methyl sites for hydroxylation is 1. The Morgan fingerprint density at radius 3 is 2.17 bits per heavy atom. The molecule has 4 heterocycles. The fourth-order valence-corrected chi connectivity index (χ4v) is 7.58. The van der Waals surface area contributed by atoms with E-state index in [1.807, 2.05) is 57.2 Å². The third-order valence-electron chi connectivity index (χ3n) is 8.42. The number of tetrazole rings is 1. The van der Waals surface area contributed by atoms with Crippen LogP contribution in [0.1, 0.15) is 75.6 Å². The maximum Gasteiger partial charge on any atom is 0.303 e. The van der Waals surface area contributed by atoms with Gasteiger partial charge in [-0.2, -0.15) is 4.80 Å². The Morgan fingerprint density at radius 2 is 1.58 bits per heavy atom. The molecule has 0 saturated carbocycles. The van der Waals surface area contributed by atoms with Crippen molar-refractivity contribution < 1.29 is 32.2 Å². The zero-order chi connectivity index (χ0) is 37.7. The van der Waals surface area contributed by atoms with Gasteiger partial charge in [0.25, 0.3) is 0 Å². The molecule has 0 aliphatic carbocycles. The SMILES string of the molecule is CCn1nnc(C2OC(n3cnc4c(NCC(c5ccccc5)c5ccccc5)nc(CNS(=O)(=O)CC(C)C)nc43)C(OC(C)=O)C2OC(C)=O)n1. The number of carbonyl (C=O) groups excluding carboxylic acids is 2. The second-order valence-corrected chi connectivity index (χ2v) is 14.8. The van der Waals surface area contributed by atoms with Gasteiger partial charge in [0.15, 0.2) is 41.5 Å². The van der Waals surface area contributed by atoms with Gasteiger partial charge in [-0.3, -0.25) is 14.2 Å². The highest BCUT2D eigenvalue weighted by molar-refractivity contribution is 7.89. The van der Waals surface area contributed by atoms with Crippen molar-refractivity contribution >= 4 is 38.9 Å². The first-order valence-electron chi connectivity index (χ1n) is 17.2. The third kappa shape index (κ3) is 8.83. The van der Waals surface area contributed by atoms with E-state index < -0.39 is 46.5 Å². The van der Waals surface area contributed by atoms with Gasteiger partial charge in [-0.05, 0) is 29.2 Å². The molecule has 4 atom stereocenters. The molecule has 6 rings (SSSR count). The summed E-state index contributed by atoms with van der Waals surface area (Å²) in [6, 6.07) is 20.0. The van der Waals surface area contributed by atoms with Gasteiger partial charge >= 0.3 is 11.9 Å². The number of fused-ring (bicyclic) bond motifs is 1. The smallest absolute Gasteiger partial charge is 0.303 e. The highest BCUT2D eigenvalue weighted by Gasteiger charge is 2.53. The fraction of sp³-hybridized carbons (Fsp3) is 0.429. The monoisotopic (exact) mass is 746 g/mol. The van der Waals surface area contributed by atoms with Gasteiger partial charge in [0.05, 0.1) is 25.2 Å². The quantitative estimate of drug-likeness (QED) is 0.148. The van der Waals surface area contributed by atoms with E-state index in [0.29, 0.717) is 24.4 Å². The highest BCUT2D eigenvalue weighted by Crippen LogP contribution is 2.42. The number of carbonyl (C=O) groups is 2. The van der Waals surface area contributed by atoms with E-state index in [0.717, 1.165) is 11.1 Å². The number of sulfonamides is 1. The van der Waals surface area contributed by atoms with Gasteiger partial charge in [-0.15, -0.1) is 10.2 Å². The lowest BCUT2D eigenvalue weighted by Gasteiger charge is -2.23. The molecule has 0 radical (unpaired) electrons. The Bertz CT molecular complexity index is 2100. The highest BCUT2D eigenvalue weighted by atomic mass is 32.2. The molecule has 17 nitrogen and oxygen atoms in total. The van der Waals surface area contributed by atoms with Crippen LogP contribution >= 0.6 is 0 Å². The van der Waals surface area contributed by atoms with Crippen LogP contribution in [0.25, 0.3) is 11.2 Å². The number of nitrogens with one attached hydrogen (secondary N) is 2. The molecule has 0 spiro atoms. The van der Waals surface area contributed by atoms with Crippen molar-refractivity contribution in [2.24, 2.45) is 5.92 Å². The molecular weight excluding hydrogens is 705 g/mol. The van der Waals surface area contributed by atoms with Crippen molar-refractivity contribution in [2.75, 3.05) is 17.6 Å². The number of benzene rings is 2. The molecule has 0 bridgehead atoms. The Morgan fingerprint density at radius 1 is 0.943 bits per heavy atom. The Labute approximate surface area is 306 Å². The third-order valence-corrected chi connectivity index (χ3v) is 10.1. The number of hydrogen-bond acceptors (Lipinski definition) is 14. The molecule has 3 aromatic heterocycles. The van der Waals surface area contributed by atoms with Crippen LogP contribution in [0.15, 0.2) is 67.0 Å². The first-order valence-corrected chi connectivity index (χ1v) is 18.9. The maximum absolute atomic E-state index is 12.9. The molecular formula is C35H42N10O7S. The number of hydrogen-bond donors (Lipinski definition) is 2. The van der Waals surface area contributed by atoms with E-state index in [2.05, 4.69) is 54.7 Å². The van der Waals surface area contributed by atoms with Crippen LogP contribution in [0.2, 0.25) is 0 Å². The van der Waals surface area contributed by atoms with Crippen molar-refractivity contribution in [3.05, 3.63) is 89.8 Å². The fourth-order valence-electron chi connectivity index (χ4n) is 6.23. The van der Waals surface area contributed by atoms with E-state index in [-0.39, 0.29) is 41.4 Å². The van der Waals surface area contributed by atoms with Crippen molar-refractivity contribution in [3.8, 4) is 0 Å². The Hall–Kier alpha value is -5.33. The van der Waals surface area contributed by atoms with E-state index in [1.54, 1.807) is 0 Å². The van der Waals surface area contributed by atoms with E-state index >= 15 is 0 Å². The summed E-state index contributed by atoms with van der Waals surface area (Å²) in [4.78, 5) is 40.2. The molecule has 4 unspecified atom stereocenters. The summed E-state index contributed by atoms with van der Waals surface area (Å²) in [5.41, 5.74) is 2.73. The van der Waals surface area contributed by atoms with Crippen LogP contribution in [0.5, 0.6) is 0 Å². The molecule has 1 aliphatic heterocycles. The average molecular weight is 747 g/mol. The lowest BCUT2D eigenvalue weighted by molar-refractivity contribution is -0.165. The molecule has 1 saturated heterocycles. The molecule has 0 amide bonds. The van der Waals surface area contributed by atoms with Crippen molar-refractivity contribution in [3.63, 3.8) is 0 Å². The molecule has 2 aromatic carbocycles. The van der Waals surface area contributed by atoms with Crippen LogP contribution in [-0.2, 0) is 46.9 Å². The first kappa shape index (κ1) is 37.4. The van der Waals surface area contributed by atoms with E-state index in [1.165, 1.54) is 29.5 Å². The van der Waals surface area contributed by atoms with E-state index in [4.69, 9.17) is 24.2 Å². The summed E-state index contributed by atoms with van der Waals surface area (Å²) in [5.74, 6) is -0.961. The van der Waals surface area contributed by atoms with Crippen molar-refractivity contribution in [1.82, 2.24) is 44.4 Å². The van der Waals surface area contributed by atoms with Crippen LogP contribution in [0, 0.1) is 5.92 Å². The standard InChI is InChI=1S/C35H42N10O7S/c1-6-45-42-33(41-43-45)30-29(50-22(4)46)31(51-23(5)47)35(52-30)44-20-37-28-32(39-27(40-34(28)44)18-38-53(48,49)19-21(2)3)36-17-26(24-13-9-7-10-14-24)25-15-11-8-12-16-25/h7-16,20-21,26,29-31,35,38H,6,17-19H2,1-5H3,(H,36,39,40). The van der Waals surface area contributed by atoms with Gasteiger partial charge in [-0.1, -0.05) is 74.5 Å². The molecule has 53 heavy (non-hydrogen) atoms.